The first-order valence-corrected chi connectivity index (χ1v) is 10.5. The molecule has 0 aliphatic carbocycles. The van der Waals surface area contributed by atoms with Crippen molar-refractivity contribution in [1.29, 1.82) is 0 Å². The van der Waals surface area contributed by atoms with Gasteiger partial charge in [-0.1, -0.05) is 72.3 Å². The van der Waals surface area contributed by atoms with Gasteiger partial charge in [-0.25, -0.2) is 4.98 Å². The van der Waals surface area contributed by atoms with Crippen LogP contribution in [0, 0.1) is 0 Å². The predicted molar refractivity (Wildman–Crippen MR) is 130 cm³/mol. The number of fused-ring (bicyclic) bond motifs is 1. The molecule has 5 rings (SSSR count). The number of methoxy groups -OCH3 is 1. The van der Waals surface area contributed by atoms with E-state index < -0.39 is 0 Å². The molecule has 0 saturated heterocycles. The second-order valence-electron chi connectivity index (χ2n) is 7.33. The molecule has 0 unspecified atom stereocenters. The zero-order valence-corrected chi connectivity index (χ0v) is 17.8. The van der Waals surface area contributed by atoms with Crippen LogP contribution in [0.5, 0.6) is 5.75 Å². The Balaban J connectivity index is 1.93. The highest BCUT2D eigenvalue weighted by Gasteiger charge is 2.19. The number of benzene rings is 4. The number of hydrogen-bond acceptors (Lipinski definition) is 2. The Kier molecular flexibility index (Phi) is 5.15. The zero-order chi connectivity index (χ0) is 21.2. The number of nitrogens with zero attached hydrogens (tertiary/aromatic N) is 1. The Labute approximate surface area is 186 Å². The summed E-state index contributed by atoms with van der Waals surface area (Å²) in [6.07, 6.45) is 0. The van der Waals surface area contributed by atoms with Gasteiger partial charge >= 0.3 is 0 Å². The molecule has 0 atom stereocenters. The first-order chi connectivity index (χ1) is 15.2. The topological polar surface area (TPSA) is 22.1 Å². The molecule has 0 amide bonds. The average molecular weight is 422 g/mol. The second-order valence-corrected chi connectivity index (χ2v) is 7.77. The van der Waals surface area contributed by atoms with E-state index in [-0.39, 0.29) is 0 Å². The Morgan fingerprint density at radius 1 is 0.645 bits per heavy atom. The molecule has 150 valence electrons. The summed E-state index contributed by atoms with van der Waals surface area (Å²) >= 11 is 6.42. The van der Waals surface area contributed by atoms with Crippen LogP contribution in [0.4, 0.5) is 0 Å². The maximum Gasteiger partial charge on any atom is 0.118 e. The minimum absolute atomic E-state index is 0.697. The van der Waals surface area contributed by atoms with Gasteiger partial charge in [0.15, 0.2) is 0 Å². The molecule has 0 aliphatic heterocycles. The van der Waals surface area contributed by atoms with Gasteiger partial charge in [-0.05, 0) is 53.6 Å². The van der Waals surface area contributed by atoms with E-state index in [2.05, 4.69) is 60.7 Å². The molecule has 5 aromatic rings. The highest BCUT2D eigenvalue weighted by Crippen LogP contribution is 2.43. The van der Waals surface area contributed by atoms with Crippen molar-refractivity contribution in [2.45, 2.75) is 0 Å². The molecular weight excluding hydrogens is 402 g/mol. The van der Waals surface area contributed by atoms with Crippen molar-refractivity contribution in [1.82, 2.24) is 4.98 Å². The minimum atomic E-state index is 0.697. The van der Waals surface area contributed by atoms with Crippen LogP contribution in [0.3, 0.4) is 0 Å². The third-order valence-corrected chi connectivity index (χ3v) is 5.67. The molecule has 1 aromatic heterocycles. The Morgan fingerprint density at radius 3 is 1.87 bits per heavy atom. The van der Waals surface area contributed by atoms with E-state index in [1.807, 2.05) is 42.5 Å². The van der Waals surface area contributed by atoms with E-state index in [9.17, 15) is 0 Å². The highest BCUT2D eigenvalue weighted by atomic mass is 35.5. The van der Waals surface area contributed by atoms with Crippen molar-refractivity contribution >= 4 is 22.5 Å². The van der Waals surface area contributed by atoms with Gasteiger partial charge in [0.25, 0.3) is 0 Å². The monoisotopic (exact) mass is 421 g/mol. The van der Waals surface area contributed by atoms with Crippen molar-refractivity contribution in [2.75, 3.05) is 7.11 Å². The molecule has 4 aromatic carbocycles. The summed E-state index contributed by atoms with van der Waals surface area (Å²) in [7, 11) is 1.68. The molecular formula is C28H20ClNO. The van der Waals surface area contributed by atoms with E-state index in [1.54, 1.807) is 7.11 Å². The molecule has 0 spiro atoms. The van der Waals surface area contributed by atoms with Gasteiger partial charge in [-0.15, -0.1) is 0 Å². The number of halogens is 1. The fourth-order valence-electron chi connectivity index (χ4n) is 3.98. The maximum absolute atomic E-state index is 6.42. The fraction of sp³-hybridized carbons (Fsp3) is 0.0357. The normalized spacial score (nSPS) is 10.9. The second kappa shape index (κ2) is 8.25. The predicted octanol–water partition coefficient (Wildman–Crippen LogP) is 7.90. The summed E-state index contributed by atoms with van der Waals surface area (Å²) in [5, 5.41) is 1.73. The molecule has 0 N–H and O–H groups in total. The molecule has 0 aliphatic rings. The lowest BCUT2D eigenvalue weighted by atomic mass is 9.88. The van der Waals surface area contributed by atoms with Gasteiger partial charge in [0.05, 0.1) is 18.3 Å². The quantitative estimate of drug-likeness (QED) is 0.294. The zero-order valence-electron chi connectivity index (χ0n) is 17.0. The summed E-state index contributed by atoms with van der Waals surface area (Å²) < 4.78 is 5.36. The van der Waals surface area contributed by atoms with Crippen LogP contribution in [-0.4, -0.2) is 12.1 Å². The van der Waals surface area contributed by atoms with E-state index >= 15 is 0 Å². The standard InChI is InChI=1S/C28H20ClNO/c1-31-23-15-12-21(13-16-23)28-27(20-10-6-3-7-11-20)26(19-8-4-2-5-9-19)24-18-22(29)14-17-25(24)30-28/h2-18H,1H3. The van der Waals surface area contributed by atoms with Gasteiger partial charge in [0, 0.05) is 27.1 Å². The van der Waals surface area contributed by atoms with Gasteiger partial charge in [-0.3, -0.25) is 0 Å². The molecule has 0 fully saturated rings. The lowest BCUT2D eigenvalue weighted by molar-refractivity contribution is 0.415. The molecule has 0 saturated carbocycles. The number of hydrogen-bond donors (Lipinski definition) is 0. The van der Waals surface area contributed by atoms with Crippen molar-refractivity contribution < 1.29 is 4.74 Å². The molecule has 2 nitrogen and oxygen atoms in total. The first-order valence-electron chi connectivity index (χ1n) is 10.1. The molecule has 1 heterocycles. The number of aromatic nitrogens is 1. The average Bonchev–Trinajstić information content (AvgIpc) is 2.84. The summed E-state index contributed by atoms with van der Waals surface area (Å²) in [6.45, 7) is 0. The number of rotatable bonds is 4. The van der Waals surface area contributed by atoms with E-state index in [1.165, 1.54) is 0 Å². The van der Waals surface area contributed by atoms with Crippen LogP contribution >= 0.6 is 11.6 Å². The van der Waals surface area contributed by atoms with Crippen molar-refractivity contribution in [3.63, 3.8) is 0 Å². The van der Waals surface area contributed by atoms with Crippen LogP contribution in [-0.2, 0) is 0 Å². The molecule has 0 radical (unpaired) electrons. The van der Waals surface area contributed by atoms with Crippen LogP contribution in [0.1, 0.15) is 0 Å². The summed E-state index contributed by atoms with van der Waals surface area (Å²) in [5.74, 6) is 0.820. The Morgan fingerprint density at radius 2 is 1.26 bits per heavy atom. The molecule has 0 bridgehead atoms. The highest BCUT2D eigenvalue weighted by molar-refractivity contribution is 6.31. The van der Waals surface area contributed by atoms with Gasteiger partial charge in [-0.2, -0.15) is 0 Å². The van der Waals surface area contributed by atoms with Gasteiger partial charge < -0.3 is 4.74 Å². The minimum Gasteiger partial charge on any atom is -0.497 e. The van der Waals surface area contributed by atoms with E-state index in [0.29, 0.717) is 5.02 Å². The lowest BCUT2D eigenvalue weighted by Crippen LogP contribution is -1.96. The van der Waals surface area contributed by atoms with Gasteiger partial charge in [0.1, 0.15) is 5.75 Å². The van der Waals surface area contributed by atoms with Crippen molar-refractivity contribution in [3.8, 4) is 39.3 Å². The number of pyridine rings is 1. The Hall–Kier alpha value is -3.62. The third kappa shape index (κ3) is 3.67. The Bertz CT molecular complexity index is 1350. The lowest BCUT2D eigenvalue weighted by Gasteiger charge is -2.19. The first kappa shape index (κ1) is 19.3. The van der Waals surface area contributed by atoms with E-state index in [0.717, 1.165) is 50.2 Å². The van der Waals surface area contributed by atoms with Crippen molar-refractivity contribution in [3.05, 3.63) is 108 Å². The van der Waals surface area contributed by atoms with E-state index in [4.69, 9.17) is 21.3 Å². The smallest absolute Gasteiger partial charge is 0.118 e. The largest absolute Gasteiger partial charge is 0.497 e. The van der Waals surface area contributed by atoms with Crippen LogP contribution in [0.15, 0.2) is 103 Å². The fourth-order valence-corrected chi connectivity index (χ4v) is 4.16. The summed E-state index contributed by atoms with van der Waals surface area (Å²) in [5.41, 5.74) is 7.34. The third-order valence-electron chi connectivity index (χ3n) is 5.44. The summed E-state index contributed by atoms with van der Waals surface area (Å²) in [4.78, 5) is 5.11. The van der Waals surface area contributed by atoms with Crippen molar-refractivity contribution in [2.24, 2.45) is 0 Å². The SMILES string of the molecule is COc1ccc(-c2nc3ccc(Cl)cc3c(-c3ccccc3)c2-c2ccccc2)cc1. The van der Waals surface area contributed by atoms with Gasteiger partial charge in [0.2, 0.25) is 0 Å². The van der Waals surface area contributed by atoms with Crippen LogP contribution < -0.4 is 4.74 Å². The molecule has 31 heavy (non-hydrogen) atoms. The maximum atomic E-state index is 6.42. The number of ether oxygens (including phenoxy) is 1. The van der Waals surface area contributed by atoms with Crippen LogP contribution in [0.2, 0.25) is 5.02 Å². The summed E-state index contributed by atoms with van der Waals surface area (Å²) in [6, 6.07) is 34.8. The molecule has 3 heteroatoms. The van der Waals surface area contributed by atoms with Crippen LogP contribution in [0.25, 0.3) is 44.4 Å².